The maximum Gasteiger partial charge on any atom is 0.269 e. The molecule has 2 N–H and O–H groups in total. The van der Waals surface area contributed by atoms with Crippen molar-refractivity contribution in [3.8, 4) is 0 Å². The van der Waals surface area contributed by atoms with E-state index in [4.69, 9.17) is 0 Å². The van der Waals surface area contributed by atoms with Gasteiger partial charge in [-0.3, -0.25) is 15.0 Å². The Morgan fingerprint density at radius 2 is 1.74 bits per heavy atom. The van der Waals surface area contributed by atoms with Gasteiger partial charge < -0.3 is 10.2 Å². The highest BCUT2D eigenvalue weighted by molar-refractivity contribution is 5.33. The molecule has 1 atom stereocenters. The van der Waals surface area contributed by atoms with Crippen LogP contribution in [0.2, 0.25) is 0 Å². The normalized spacial score (nSPS) is 12.3. The third-order valence-electron chi connectivity index (χ3n) is 3.59. The van der Waals surface area contributed by atoms with Crippen molar-refractivity contribution in [2.75, 3.05) is 19.7 Å². The number of nitro groups is 1. The molecule has 0 aliphatic carbocycles. The summed E-state index contributed by atoms with van der Waals surface area (Å²) in [4.78, 5) is 12.1. The first-order valence-corrected chi connectivity index (χ1v) is 7.39. The first kappa shape index (κ1) is 17.1. The van der Waals surface area contributed by atoms with Gasteiger partial charge in [0.25, 0.3) is 5.69 Å². The van der Waals surface area contributed by atoms with Crippen LogP contribution in [0.5, 0.6) is 0 Å². The highest BCUT2D eigenvalue weighted by Gasteiger charge is 2.15. The van der Waals surface area contributed by atoms with Gasteiger partial charge in [0.2, 0.25) is 0 Å². The van der Waals surface area contributed by atoms with Crippen LogP contribution < -0.4 is 0 Å². The Balaban J connectivity index is 2.02. The van der Waals surface area contributed by atoms with Gasteiger partial charge in [0.15, 0.2) is 0 Å². The molecule has 0 amide bonds. The standard InChI is InChI=1S/C17H20N2O4/c20-11-10-18(12-14-4-2-1-3-5-14)13-17(21)15-6-8-16(9-7-15)19(22)23/h1-9,17,20-21H,10-13H2/t17-/m1/s1. The lowest BCUT2D eigenvalue weighted by Crippen LogP contribution is -2.31. The Morgan fingerprint density at radius 1 is 1.09 bits per heavy atom. The molecule has 122 valence electrons. The van der Waals surface area contributed by atoms with Crippen LogP contribution in [0.1, 0.15) is 17.2 Å². The number of hydrogen-bond acceptors (Lipinski definition) is 5. The molecule has 6 nitrogen and oxygen atoms in total. The molecule has 0 saturated heterocycles. The minimum Gasteiger partial charge on any atom is -0.395 e. The molecular weight excluding hydrogens is 296 g/mol. The molecule has 0 spiro atoms. The number of non-ortho nitro benzene ring substituents is 1. The highest BCUT2D eigenvalue weighted by atomic mass is 16.6. The number of aliphatic hydroxyl groups is 2. The summed E-state index contributed by atoms with van der Waals surface area (Å²) in [5, 5.41) is 30.2. The molecule has 0 aromatic heterocycles. The second kappa shape index (κ2) is 8.38. The van der Waals surface area contributed by atoms with E-state index in [0.29, 0.717) is 25.2 Å². The average molecular weight is 316 g/mol. The Kier molecular flexibility index (Phi) is 6.22. The third-order valence-corrected chi connectivity index (χ3v) is 3.59. The SMILES string of the molecule is O=[N+]([O-])c1ccc([C@H](O)CN(CCO)Cc2ccccc2)cc1. The largest absolute Gasteiger partial charge is 0.395 e. The molecule has 2 aromatic rings. The topological polar surface area (TPSA) is 86.8 Å². The van der Waals surface area contributed by atoms with Crippen LogP contribution >= 0.6 is 0 Å². The summed E-state index contributed by atoms with van der Waals surface area (Å²) in [6.45, 7) is 1.40. The summed E-state index contributed by atoms with van der Waals surface area (Å²) < 4.78 is 0. The number of nitro benzene ring substituents is 1. The molecule has 0 saturated carbocycles. The lowest BCUT2D eigenvalue weighted by Gasteiger charge is -2.24. The second-order valence-corrected chi connectivity index (χ2v) is 5.31. The molecule has 0 heterocycles. The van der Waals surface area contributed by atoms with E-state index in [1.165, 1.54) is 12.1 Å². The zero-order valence-corrected chi connectivity index (χ0v) is 12.7. The van der Waals surface area contributed by atoms with E-state index in [2.05, 4.69) is 0 Å². The summed E-state index contributed by atoms with van der Waals surface area (Å²) in [7, 11) is 0. The average Bonchev–Trinajstić information content (AvgIpc) is 2.56. The quantitative estimate of drug-likeness (QED) is 0.575. The molecule has 0 aliphatic rings. The molecule has 0 unspecified atom stereocenters. The fourth-order valence-electron chi connectivity index (χ4n) is 2.39. The molecule has 2 rings (SSSR count). The minimum atomic E-state index is -0.772. The number of rotatable bonds is 8. The number of benzene rings is 2. The lowest BCUT2D eigenvalue weighted by atomic mass is 10.1. The number of nitrogens with zero attached hydrogens (tertiary/aromatic N) is 2. The number of aliphatic hydroxyl groups excluding tert-OH is 2. The van der Waals surface area contributed by atoms with Crippen LogP contribution in [0, 0.1) is 10.1 Å². The van der Waals surface area contributed by atoms with E-state index in [9.17, 15) is 20.3 Å². The van der Waals surface area contributed by atoms with Crippen molar-refractivity contribution in [3.05, 3.63) is 75.8 Å². The van der Waals surface area contributed by atoms with Crippen molar-refractivity contribution in [1.29, 1.82) is 0 Å². The Bertz CT molecular complexity index is 616. The summed E-state index contributed by atoms with van der Waals surface area (Å²) in [6, 6.07) is 15.7. The van der Waals surface area contributed by atoms with E-state index in [1.54, 1.807) is 12.1 Å². The minimum absolute atomic E-state index is 0.000183. The predicted octanol–water partition coefficient (Wildman–Crippen LogP) is 2.12. The van der Waals surface area contributed by atoms with Gasteiger partial charge in [0.05, 0.1) is 17.6 Å². The van der Waals surface area contributed by atoms with E-state index >= 15 is 0 Å². The van der Waals surface area contributed by atoms with Crippen molar-refractivity contribution in [3.63, 3.8) is 0 Å². The Morgan fingerprint density at radius 3 is 2.30 bits per heavy atom. The molecular formula is C17H20N2O4. The molecule has 23 heavy (non-hydrogen) atoms. The van der Waals surface area contributed by atoms with Crippen LogP contribution in [-0.2, 0) is 6.54 Å². The molecule has 0 aliphatic heterocycles. The molecule has 0 fully saturated rings. The third kappa shape index (κ3) is 5.14. The van der Waals surface area contributed by atoms with E-state index in [1.807, 2.05) is 35.2 Å². The summed E-state index contributed by atoms with van der Waals surface area (Å²) >= 11 is 0. The fourth-order valence-corrected chi connectivity index (χ4v) is 2.39. The van der Waals surface area contributed by atoms with Crippen LogP contribution in [0.25, 0.3) is 0 Å². The first-order chi connectivity index (χ1) is 11.1. The van der Waals surface area contributed by atoms with Crippen LogP contribution in [0.3, 0.4) is 0 Å². The van der Waals surface area contributed by atoms with Crippen molar-refractivity contribution >= 4 is 5.69 Å². The fraction of sp³-hybridized carbons (Fsp3) is 0.294. The van der Waals surface area contributed by atoms with Crippen molar-refractivity contribution in [2.24, 2.45) is 0 Å². The van der Waals surface area contributed by atoms with Gasteiger partial charge in [-0.05, 0) is 23.3 Å². The molecule has 2 aromatic carbocycles. The lowest BCUT2D eigenvalue weighted by molar-refractivity contribution is -0.384. The van der Waals surface area contributed by atoms with Gasteiger partial charge in [0, 0.05) is 31.8 Å². The van der Waals surface area contributed by atoms with Crippen molar-refractivity contribution in [2.45, 2.75) is 12.6 Å². The number of hydrogen-bond donors (Lipinski definition) is 2. The maximum absolute atomic E-state index is 10.7. The van der Waals surface area contributed by atoms with Crippen molar-refractivity contribution < 1.29 is 15.1 Å². The van der Waals surface area contributed by atoms with E-state index < -0.39 is 11.0 Å². The molecule has 0 radical (unpaired) electrons. The predicted molar refractivity (Wildman–Crippen MR) is 86.9 cm³/mol. The van der Waals surface area contributed by atoms with Crippen LogP contribution in [-0.4, -0.2) is 39.7 Å². The van der Waals surface area contributed by atoms with Crippen LogP contribution in [0.15, 0.2) is 54.6 Å². The van der Waals surface area contributed by atoms with Gasteiger partial charge in [0.1, 0.15) is 0 Å². The molecule has 0 bridgehead atoms. The Labute approximate surface area is 134 Å². The zero-order chi connectivity index (χ0) is 16.7. The smallest absolute Gasteiger partial charge is 0.269 e. The first-order valence-electron chi connectivity index (χ1n) is 7.39. The second-order valence-electron chi connectivity index (χ2n) is 5.31. The summed E-state index contributed by atoms with van der Waals surface area (Å²) in [5.41, 5.74) is 1.71. The Hall–Kier alpha value is -2.28. The van der Waals surface area contributed by atoms with Gasteiger partial charge in [-0.1, -0.05) is 30.3 Å². The van der Waals surface area contributed by atoms with Gasteiger partial charge in [-0.2, -0.15) is 0 Å². The van der Waals surface area contributed by atoms with E-state index in [-0.39, 0.29) is 12.3 Å². The van der Waals surface area contributed by atoms with E-state index in [0.717, 1.165) is 5.56 Å². The monoisotopic (exact) mass is 316 g/mol. The van der Waals surface area contributed by atoms with Crippen LogP contribution in [0.4, 0.5) is 5.69 Å². The summed E-state index contributed by atoms with van der Waals surface area (Å²) in [5.74, 6) is 0. The molecule has 6 heteroatoms. The van der Waals surface area contributed by atoms with Crippen molar-refractivity contribution in [1.82, 2.24) is 4.90 Å². The van der Waals surface area contributed by atoms with Gasteiger partial charge >= 0.3 is 0 Å². The van der Waals surface area contributed by atoms with Gasteiger partial charge in [-0.15, -0.1) is 0 Å². The zero-order valence-electron chi connectivity index (χ0n) is 12.7. The summed E-state index contributed by atoms with van der Waals surface area (Å²) in [6.07, 6.45) is -0.772. The highest BCUT2D eigenvalue weighted by Crippen LogP contribution is 2.19. The maximum atomic E-state index is 10.7. The van der Waals surface area contributed by atoms with Gasteiger partial charge in [-0.25, -0.2) is 0 Å².